The van der Waals surface area contributed by atoms with Crippen LogP contribution in [0.25, 0.3) is 0 Å². The Hall–Kier alpha value is -1.40. The van der Waals surface area contributed by atoms with Crippen LogP contribution < -0.4 is 5.32 Å². The summed E-state index contributed by atoms with van der Waals surface area (Å²) in [7, 11) is 1.53. The van der Waals surface area contributed by atoms with E-state index in [0.29, 0.717) is 19.4 Å². The second kappa shape index (κ2) is 7.13. The minimum Gasteiger partial charge on any atom is -0.391 e. The van der Waals surface area contributed by atoms with Crippen LogP contribution in [-0.4, -0.2) is 47.6 Å². The summed E-state index contributed by atoms with van der Waals surface area (Å²) < 4.78 is 4.80. The number of amides is 1. The molecule has 0 aromatic carbocycles. The van der Waals surface area contributed by atoms with Gasteiger partial charge < -0.3 is 15.2 Å². The van der Waals surface area contributed by atoms with E-state index in [-0.39, 0.29) is 12.5 Å². The highest BCUT2D eigenvalue weighted by molar-refractivity contribution is 5.79. The van der Waals surface area contributed by atoms with Crippen LogP contribution in [-0.2, 0) is 16.0 Å². The fraction of sp³-hybridized carbons (Fsp3) is 0.667. The first-order chi connectivity index (χ1) is 8.54. The van der Waals surface area contributed by atoms with Crippen LogP contribution in [0.3, 0.4) is 0 Å². The lowest BCUT2D eigenvalue weighted by Gasteiger charge is -2.10. The zero-order chi connectivity index (χ0) is 13.5. The highest BCUT2D eigenvalue weighted by atomic mass is 16.5. The first-order valence-electron chi connectivity index (χ1n) is 5.98. The maximum absolute atomic E-state index is 11.7. The monoisotopic (exact) mass is 255 g/mol. The molecule has 1 amide bonds. The number of H-pyrrole nitrogens is 1. The Bertz CT molecular complexity index is 370. The Labute approximate surface area is 107 Å². The van der Waals surface area contributed by atoms with Crippen LogP contribution in [0.1, 0.15) is 23.4 Å². The zero-order valence-electron chi connectivity index (χ0n) is 11.1. The van der Waals surface area contributed by atoms with Crippen LogP contribution in [0.15, 0.2) is 0 Å². The topological polar surface area (TPSA) is 87.2 Å². The van der Waals surface area contributed by atoms with Gasteiger partial charge in [0.25, 0.3) is 0 Å². The number of aromatic amines is 1. The molecule has 1 heterocycles. The smallest absolute Gasteiger partial charge is 0.224 e. The van der Waals surface area contributed by atoms with Gasteiger partial charge in [-0.05, 0) is 20.3 Å². The Kier molecular flexibility index (Phi) is 5.80. The first-order valence-corrected chi connectivity index (χ1v) is 5.98. The van der Waals surface area contributed by atoms with E-state index in [9.17, 15) is 9.90 Å². The van der Waals surface area contributed by atoms with Crippen molar-refractivity contribution < 1.29 is 14.6 Å². The molecule has 0 radical (unpaired) electrons. The van der Waals surface area contributed by atoms with Gasteiger partial charge in [-0.2, -0.15) is 5.10 Å². The van der Waals surface area contributed by atoms with Crippen LogP contribution >= 0.6 is 0 Å². The quantitative estimate of drug-likeness (QED) is 0.644. The number of carbonyl (C=O) groups is 1. The molecular weight excluding hydrogens is 234 g/mol. The lowest BCUT2D eigenvalue weighted by atomic mass is 10.1. The summed E-state index contributed by atoms with van der Waals surface area (Å²) in [5.41, 5.74) is 2.70. The van der Waals surface area contributed by atoms with E-state index in [2.05, 4.69) is 15.5 Å². The van der Waals surface area contributed by atoms with Gasteiger partial charge in [0, 0.05) is 24.9 Å². The van der Waals surface area contributed by atoms with Crippen molar-refractivity contribution in [1.29, 1.82) is 0 Å². The molecule has 0 aliphatic rings. The maximum Gasteiger partial charge on any atom is 0.224 e. The van der Waals surface area contributed by atoms with E-state index in [4.69, 9.17) is 4.74 Å². The first kappa shape index (κ1) is 14.7. The van der Waals surface area contributed by atoms with Crippen molar-refractivity contribution in [3.05, 3.63) is 17.0 Å². The van der Waals surface area contributed by atoms with Gasteiger partial charge in [0.05, 0.1) is 24.8 Å². The summed E-state index contributed by atoms with van der Waals surface area (Å²) in [5.74, 6) is -0.0628. The van der Waals surface area contributed by atoms with Crippen LogP contribution in [0, 0.1) is 13.8 Å². The zero-order valence-corrected chi connectivity index (χ0v) is 11.1. The predicted molar refractivity (Wildman–Crippen MR) is 67.3 cm³/mol. The standard InChI is InChI=1S/C12H21N3O3/c1-8-11(9(2)15-14-8)6-12(17)13-5-4-10(16)7-18-3/h10,16H,4-7H2,1-3H3,(H,13,17)(H,14,15). The van der Waals surface area contributed by atoms with Gasteiger partial charge >= 0.3 is 0 Å². The summed E-state index contributed by atoms with van der Waals surface area (Å²) in [5, 5.41) is 19.1. The second-order valence-electron chi connectivity index (χ2n) is 4.34. The summed E-state index contributed by atoms with van der Waals surface area (Å²) in [6.07, 6.45) is 0.269. The van der Waals surface area contributed by atoms with Gasteiger partial charge in [0.1, 0.15) is 0 Å². The molecule has 18 heavy (non-hydrogen) atoms. The minimum absolute atomic E-state index is 0.0628. The molecule has 0 fully saturated rings. The predicted octanol–water partition coefficient (Wildman–Crippen LogP) is 0.0826. The molecule has 0 aliphatic heterocycles. The lowest BCUT2D eigenvalue weighted by molar-refractivity contribution is -0.120. The third-order valence-corrected chi connectivity index (χ3v) is 2.78. The number of nitrogens with zero attached hydrogens (tertiary/aromatic N) is 1. The second-order valence-corrected chi connectivity index (χ2v) is 4.34. The van der Waals surface area contributed by atoms with E-state index in [1.807, 2.05) is 13.8 Å². The summed E-state index contributed by atoms with van der Waals surface area (Å²) >= 11 is 0. The lowest BCUT2D eigenvalue weighted by Crippen LogP contribution is -2.29. The minimum atomic E-state index is -0.535. The van der Waals surface area contributed by atoms with E-state index >= 15 is 0 Å². The number of hydrogen-bond acceptors (Lipinski definition) is 4. The molecule has 6 heteroatoms. The Morgan fingerprint density at radius 2 is 2.28 bits per heavy atom. The number of aryl methyl sites for hydroxylation is 2. The summed E-state index contributed by atoms with van der Waals surface area (Å²) in [6.45, 7) is 4.49. The van der Waals surface area contributed by atoms with Crippen molar-refractivity contribution in [3.63, 3.8) is 0 Å². The number of ether oxygens (including phenoxy) is 1. The number of rotatable bonds is 7. The van der Waals surface area contributed by atoms with Crippen molar-refractivity contribution in [2.75, 3.05) is 20.3 Å². The highest BCUT2D eigenvalue weighted by Crippen LogP contribution is 2.09. The van der Waals surface area contributed by atoms with Crippen LogP contribution in [0.4, 0.5) is 0 Å². The van der Waals surface area contributed by atoms with Crippen molar-refractivity contribution in [2.45, 2.75) is 32.8 Å². The molecule has 0 saturated heterocycles. The molecule has 1 unspecified atom stereocenters. The van der Waals surface area contributed by atoms with Crippen molar-refractivity contribution in [3.8, 4) is 0 Å². The molecule has 1 atom stereocenters. The van der Waals surface area contributed by atoms with Gasteiger partial charge in [-0.3, -0.25) is 9.89 Å². The van der Waals surface area contributed by atoms with Crippen molar-refractivity contribution in [2.24, 2.45) is 0 Å². The normalized spacial score (nSPS) is 12.4. The van der Waals surface area contributed by atoms with Crippen molar-refractivity contribution in [1.82, 2.24) is 15.5 Å². The molecular formula is C12H21N3O3. The van der Waals surface area contributed by atoms with Gasteiger partial charge in [0.15, 0.2) is 0 Å². The summed E-state index contributed by atoms with van der Waals surface area (Å²) in [4.78, 5) is 11.7. The van der Waals surface area contributed by atoms with Crippen LogP contribution in [0.5, 0.6) is 0 Å². The molecule has 0 bridgehead atoms. The molecule has 0 aliphatic carbocycles. The fourth-order valence-corrected chi connectivity index (χ4v) is 1.71. The Morgan fingerprint density at radius 3 is 2.83 bits per heavy atom. The SMILES string of the molecule is COCC(O)CCNC(=O)Cc1c(C)n[nH]c1C. The Balaban J connectivity index is 2.30. The third-order valence-electron chi connectivity index (χ3n) is 2.78. The average molecular weight is 255 g/mol. The molecule has 1 rings (SSSR count). The van der Waals surface area contributed by atoms with E-state index < -0.39 is 6.10 Å². The van der Waals surface area contributed by atoms with E-state index in [0.717, 1.165) is 17.0 Å². The number of hydrogen-bond donors (Lipinski definition) is 3. The number of methoxy groups -OCH3 is 1. The van der Waals surface area contributed by atoms with Crippen LogP contribution in [0.2, 0.25) is 0 Å². The van der Waals surface area contributed by atoms with Crippen molar-refractivity contribution >= 4 is 5.91 Å². The van der Waals surface area contributed by atoms with E-state index in [1.165, 1.54) is 7.11 Å². The maximum atomic E-state index is 11.7. The van der Waals surface area contributed by atoms with E-state index in [1.54, 1.807) is 0 Å². The summed E-state index contributed by atoms with van der Waals surface area (Å²) in [6, 6.07) is 0. The highest BCUT2D eigenvalue weighted by Gasteiger charge is 2.11. The molecule has 0 spiro atoms. The fourth-order valence-electron chi connectivity index (χ4n) is 1.71. The molecule has 1 aromatic rings. The molecule has 6 nitrogen and oxygen atoms in total. The number of nitrogens with one attached hydrogen (secondary N) is 2. The number of carbonyl (C=O) groups excluding carboxylic acids is 1. The van der Waals surface area contributed by atoms with Gasteiger partial charge in [-0.15, -0.1) is 0 Å². The average Bonchev–Trinajstić information content (AvgIpc) is 2.61. The largest absolute Gasteiger partial charge is 0.391 e. The molecule has 102 valence electrons. The molecule has 1 aromatic heterocycles. The third kappa shape index (κ3) is 4.46. The Morgan fingerprint density at radius 1 is 1.56 bits per heavy atom. The number of aliphatic hydroxyl groups is 1. The number of aromatic nitrogens is 2. The molecule has 0 saturated carbocycles. The van der Waals surface area contributed by atoms with Gasteiger partial charge in [-0.25, -0.2) is 0 Å². The number of aliphatic hydroxyl groups excluding tert-OH is 1. The molecule has 3 N–H and O–H groups in total. The van der Waals surface area contributed by atoms with Gasteiger partial charge in [0.2, 0.25) is 5.91 Å². The van der Waals surface area contributed by atoms with Gasteiger partial charge in [-0.1, -0.05) is 0 Å².